The van der Waals surface area contributed by atoms with E-state index >= 15 is 0 Å². The smallest absolute Gasteiger partial charge is 0.340 e. The van der Waals surface area contributed by atoms with Crippen molar-refractivity contribution in [1.29, 1.82) is 0 Å². The molecule has 4 nitrogen and oxygen atoms in total. The zero-order valence-corrected chi connectivity index (χ0v) is 10.6. The van der Waals surface area contributed by atoms with Gasteiger partial charge in [0.2, 0.25) is 0 Å². The Morgan fingerprint density at radius 1 is 1.56 bits per heavy atom. The summed E-state index contributed by atoms with van der Waals surface area (Å²) < 4.78 is 5.81. The van der Waals surface area contributed by atoms with Crippen LogP contribution in [-0.2, 0) is 4.74 Å². The molecule has 0 aliphatic carbocycles. The van der Waals surface area contributed by atoms with E-state index in [0.717, 1.165) is 15.8 Å². The number of ether oxygens (including phenoxy) is 1. The Morgan fingerprint density at radius 2 is 2.31 bits per heavy atom. The number of fused-ring (bicyclic) bond motifs is 1. The predicted octanol–water partition coefficient (Wildman–Crippen LogP) is 2.81. The number of aryl methyl sites for hydroxylation is 1. The molecule has 84 valence electrons. The number of hydrogen-bond acceptors (Lipinski definition) is 3. The van der Waals surface area contributed by atoms with Gasteiger partial charge in [-0.25, -0.2) is 9.78 Å². The summed E-state index contributed by atoms with van der Waals surface area (Å²) in [6, 6.07) is 3.61. The van der Waals surface area contributed by atoms with E-state index in [2.05, 4.69) is 25.9 Å². The Balaban J connectivity index is 2.62. The highest BCUT2D eigenvalue weighted by molar-refractivity contribution is 9.10. The number of hydrogen-bond donors (Lipinski definition) is 1. The van der Waals surface area contributed by atoms with Crippen LogP contribution >= 0.6 is 15.9 Å². The summed E-state index contributed by atoms with van der Waals surface area (Å²) in [4.78, 5) is 19.1. The normalized spacial score (nSPS) is 10.7. The number of aromatic nitrogens is 2. The molecule has 0 unspecified atom stereocenters. The lowest BCUT2D eigenvalue weighted by Crippen LogP contribution is -2.05. The summed E-state index contributed by atoms with van der Waals surface area (Å²) in [6.07, 6.45) is 0. The molecule has 0 radical (unpaired) electrons. The highest BCUT2D eigenvalue weighted by atomic mass is 79.9. The third kappa shape index (κ3) is 1.95. The van der Waals surface area contributed by atoms with E-state index in [0.29, 0.717) is 17.7 Å². The number of rotatable bonds is 2. The number of carbonyl (C=O) groups is 1. The van der Waals surface area contributed by atoms with E-state index in [-0.39, 0.29) is 5.97 Å². The fourth-order valence-electron chi connectivity index (χ4n) is 1.57. The first-order valence-corrected chi connectivity index (χ1v) is 5.74. The summed E-state index contributed by atoms with van der Waals surface area (Å²) in [7, 11) is 0. The van der Waals surface area contributed by atoms with E-state index in [4.69, 9.17) is 4.74 Å². The Bertz CT molecular complexity index is 548. The van der Waals surface area contributed by atoms with Crippen molar-refractivity contribution in [3.63, 3.8) is 0 Å². The van der Waals surface area contributed by atoms with Gasteiger partial charge in [0, 0.05) is 4.47 Å². The van der Waals surface area contributed by atoms with Crippen LogP contribution in [0, 0.1) is 6.92 Å². The van der Waals surface area contributed by atoms with Crippen LogP contribution in [-0.4, -0.2) is 22.5 Å². The number of benzene rings is 1. The zero-order chi connectivity index (χ0) is 11.7. The van der Waals surface area contributed by atoms with Gasteiger partial charge < -0.3 is 9.72 Å². The van der Waals surface area contributed by atoms with Gasteiger partial charge in [0.15, 0.2) is 0 Å². The molecule has 1 heterocycles. The van der Waals surface area contributed by atoms with Crippen LogP contribution in [0.25, 0.3) is 11.0 Å². The average Bonchev–Trinajstić information content (AvgIpc) is 2.57. The van der Waals surface area contributed by atoms with Gasteiger partial charge in [-0.2, -0.15) is 0 Å². The second-order valence-electron chi connectivity index (χ2n) is 3.39. The minimum atomic E-state index is -0.347. The molecule has 2 rings (SSSR count). The van der Waals surface area contributed by atoms with Crippen LogP contribution in [0.4, 0.5) is 0 Å². The Kier molecular flexibility index (Phi) is 2.96. The largest absolute Gasteiger partial charge is 0.462 e. The topological polar surface area (TPSA) is 55.0 Å². The van der Waals surface area contributed by atoms with Crippen molar-refractivity contribution in [2.45, 2.75) is 13.8 Å². The molecule has 0 aliphatic rings. The molecule has 0 saturated heterocycles. The van der Waals surface area contributed by atoms with Crippen molar-refractivity contribution in [2.75, 3.05) is 6.61 Å². The number of halogens is 1. The fraction of sp³-hybridized carbons (Fsp3) is 0.273. The van der Waals surface area contributed by atoms with Crippen LogP contribution in [0.2, 0.25) is 0 Å². The molecule has 0 saturated carbocycles. The van der Waals surface area contributed by atoms with Gasteiger partial charge in [-0.3, -0.25) is 0 Å². The number of H-pyrrole nitrogens is 1. The SMILES string of the molecule is CCOC(=O)c1cc(Br)cc2[nH]c(C)nc12. The highest BCUT2D eigenvalue weighted by Crippen LogP contribution is 2.23. The van der Waals surface area contributed by atoms with Crippen molar-refractivity contribution in [3.8, 4) is 0 Å². The van der Waals surface area contributed by atoms with Gasteiger partial charge >= 0.3 is 5.97 Å². The highest BCUT2D eigenvalue weighted by Gasteiger charge is 2.15. The summed E-state index contributed by atoms with van der Waals surface area (Å²) in [5, 5.41) is 0. The Hall–Kier alpha value is -1.36. The van der Waals surface area contributed by atoms with Gasteiger partial charge in [-0.1, -0.05) is 15.9 Å². The molecule has 0 bridgehead atoms. The molecule has 1 N–H and O–H groups in total. The summed E-state index contributed by atoms with van der Waals surface area (Å²) in [5.74, 6) is 0.430. The van der Waals surface area contributed by atoms with Gasteiger partial charge in [0.05, 0.1) is 17.7 Å². The van der Waals surface area contributed by atoms with Crippen molar-refractivity contribution < 1.29 is 9.53 Å². The molecule has 1 aromatic carbocycles. The molecule has 0 fully saturated rings. The molecule has 0 amide bonds. The molecule has 0 spiro atoms. The van der Waals surface area contributed by atoms with Crippen LogP contribution in [0.5, 0.6) is 0 Å². The molecule has 0 aliphatic heterocycles. The Morgan fingerprint density at radius 3 is 3.00 bits per heavy atom. The molecule has 16 heavy (non-hydrogen) atoms. The molecular weight excluding hydrogens is 272 g/mol. The second kappa shape index (κ2) is 4.25. The van der Waals surface area contributed by atoms with Crippen molar-refractivity contribution in [3.05, 3.63) is 28.0 Å². The van der Waals surface area contributed by atoms with E-state index in [1.807, 2.05) is 13.0 Å². The number of aromatic amines is 1. The maximum atomic E-state index is 11.7. The molecule has 0 atom stereocenters. The van der Waals surface area contributed by atoms with Crippen LogP contribution in [0.3, 0.4) is 0 Å². The quantitative estimate of drug-likeness (QED) is 0.862. The first kappa shape index (κ1) is 11.1. The van der Waals surface area contributed by atoms with Crippen LogP contribution < -0.4 is 0 Å². The molecule has 5 heteroatoms. The summed E-state index contributed by atoms with van der Waals surface area (Å²) in [5.41, 5.74) is 1.96. The molecular formula is C11H11BrN2O2. The van der Waals surface area contributed by atoms with Crippen molar-refractivity contribution in [2.24, 2.45) is 0 Å². The number of nitrogens with zero attached hydrogens (tertiary/aromatic N) is 1. The number of carbonyl (C=O) groups excluding carboxylic acids is 1. The summed E-state index contributed by atoms with van der Waals surface area (Å²) >= 11 is 3.36. The van der Waals surface area contributed by atoms with E-state index in [1.165, 1.54) is 0 Å². The van der Waals surface area contributed by atoms with Gasteiger partial charge in [-0.05, 0) is 26.0 Å². The van der Waals surface area contributed by atoms with Gasteiger partial charge in [0.1, 0.15) is 11.3 Å². The number of imidazole rings is 1. The zero-order valence-electron chi connectivity index (χ0n) is 9.00. The van der Waals surface area contributed by atoms with Crippen molar-refractivity contribution in [1.82, 2.24) is 9.97 Å². The molecule has 1 aromatic heterocycles. The van der Waals surface area contributed by atoms with Crippen LogP contribution in [0.1, 0.15) is 23.1 Å². The van der Waals surface area contributed by atoms with E-state index < -0.39 is 0 Å². The standard InChI is InChI=1S/C11H11BrN2O2/c1-3-16-11(15)8-4-7(12)5-9-10(8)14-6(2)13-9/h4-5H,3H2,1-2H3,(H,13,14). The Labute approximate surface area is 101 Å². The average molecular weight is 283 g/mol. The first-order chi connectivity index (χ1) is 7.61. The van der Waals surface area contributed by atoms with E-state index in [9.17, 15) is 4.79 Å². The maximum absolute atomic E-state index is 11.7. The minimum Gasteiger partial charge on any atom is -0.462 e. The summed E-state index contributed by atoms with van der Waals surface area (Å²) in [6.45, 7) is 3.99. The number of esters is 1. The first-order valence-electron chi connectivity index (χ1n) is 4.94. The lowest BCUT2D eigenvalue weighted by Gasteiger charge is -2.03. The molecule has 2 aromatic rings. The lowest BCUT2D eigenvalue weighted by atomic mass is 10.2. The maximum Gasteiger partial charge on any atom is 0.340 e. The van der Waals surface area contributed by atoms with E-state index in [1.54, 1.807) is 13.0 Å². The minimum absolute atomic E-state index is 0.347. The monoisotopic (exact) mass is 282 g/mol. The third-order valence-electron chi connectivity index (χ3n) is 2.17. The van der Waals surface area contributed by atoms with Crippen LogP contribution in [0.15, 0.2) is 16.6 Å². The lowest BCUT2D eigenvalue weighted by molar-refractivity contribution is 0.0528. The number of nitrogens with one attached hydrogen (secondary N) is 1. The predicted molar refractivity (Wildman–Crippen MR) is 64.5 cm³/mol. The van der Waals surface area contributed by atoms with Gasteiger partial charge in [0.25, 0.3) is 0 Å². The fourth-order valence-corrected chi connectivity index (χ4v) is 2.03. The van der Waals surface area contributed by atoms with Crippen molar-refractivity contribution >= 4 is 32.9 Å². The van der Waals surface area contributed by atoms with Gasteiger partial charge in [-0.15, -0.1) is 0 Å². The third-order valence-corrected chi connectivity index (χ3v) is 2.62. The second-order valence-corrected chi connectivity index (χ2v) is 4.31.